The molecule has 2 rings (SSSR count). The number of likely N-dealkylation sites (N-methyl/N-ethyl adjacent to an activating group) is 1. The van der Waals surface area contributed by atoms with Gasteiger partial charge in [0.25, 0.3) is 0 Å². The molecule has 2 aromatic rings. The number of nitrogens with zero attached hydrogens (tertiary/aromatic N) is 3. The van der Waals surface area contributed by atoms with E-state index in [4.69, 9.17) is 4.52 Å². The molecule has 0 aliphatic carbocycles. The summed E-state index contributed by atoms with van der Waals surface area (Å²) in [6.45, 7) is 7.31. The van der Waals surface area contributed by atoms with Gasteiger partial charge in [0.2, 0.25) is 11.7 Å². The fraction of sp³-hybridized carbons (Fsp3) is 0.500. The lowest BCUT2D eigenvalue weighted by atomic mass is 9.99. The molecule has 2 heterocycles. The Morgan fingerprint density at radius 3 is 2.63 bits per heavy atom. The molecule has 0 aliphatic heterocycles. The maximum absolute atomic E-state index is 5.39. The van der Waals surface area contributed by atoms with Crippen molar-refractivity contribution in [1.82, 2.24) is 20.4 Å². The zero-order chi connectivity index (χ0) is 13.7. The minimum Gasteiger partial charge on any atom is -0.339 e. The predicted octanol–water partition coefficient (Wildman–Crippen LogP) is 2.62. The number of rotatable bonds is 6. The Bertz CT molecular complexity index is 497. The van der Waals surface area contributed by atoms with Gasteiger partial charge in [-0.05, 0) is 25.1 Å². The molecule has 0 amide bonds. The Balaban J connectivity index is 2.16. The first-order chi connectivity index (χ1) is 9.26. The Labute approximate surface area is 113 Å². The van der Waals surface area contributed by atoms with E-state index in [1.165, 1.54) is 0 Å². The van der Waals surface area contributed by atoms with Gasteiger partial charge >= 0.3 is 0 Å². The van der Waals surface area contributed by atoms with Gasteiger partial charge in [0.1, 0.15) is 0 Å². The SMILES string of the molecule is CCNC(CC)C(C)c1nc(-c2ccncc2)no1. The summed E-state index contributed by atoms with van der Waals surface area (Å²) in [7, 11) is 0. The molecule has 1 N–H and O–H groups in total. The Kier molecular flexibility index (Phi) is 4.63. The van der Waals surface area contributed by atoms with Crippen LogP contribution in [0.1, 0.15) is 39.0 Å². The fourth-order valence-corrected chi connectivity index (χ4v) is 2.15. The van der Waals surface area contributed by atoms with E-state index >= 15 is 0 Å². The first-order valence-electron chi connectivity index (χ1n) is 6.73. The van der Waals surface area contributed by atoms with Gasteiger partial charge < -0.3 is 9.84 Å². The second-order valence-corrected chi connectivity index (χ2v) is 4.55. The molecule has 0 saturated carbocycles. The average Bonchev–Trinajstić information content (AvgIpc) is 2.95. The van der Waals surface area contributed by atoms with Gasteiger partial charge in [0, 0.05) is 24.0 Å². The second-order valence-electron chi connectivity index (χ2n) is 4.55. The van der Waals surface area contributed by atoms with Gasteiger partial charge in [-0.25, -0.2) is 0 Å². The number of hydrogen-bond acceptors (Lipinski definition) is 5. The van der Waals surface area contributed by atoms with Crippen LogP contribution >= 0.6 is 0 Å². The van der Waals surface area contributed by atoms with Gasteiger partial charge in [-0.15, -0.1) is 0 Å². The fourth-order valence-electron chi connectivity index (χ4n) is 2.15. The first-order valence-corrected chi connectivity index (χ1v) is 6.73. The highest BCUT2D eigenvalue weighted by Crippen LogP contribution is 2.22. The third kappa shape index (κ3) is 3.17. The van der Waals surface area contributed by atoms with Gasteiger partial charge in [-0.2, -0.15) is 4.98 Å². The minimum absolute atomic E-state index is 0.202. The van der Waals surface area contributed by atoms with E-state index in [0.717, 1.165) is 18.5 Å². The molecule has 19 heavy (non-hydrogen) atoms. The van der Waals surface area contributed by atoms with Crippen molar-refractivity contribution in [2.75, 3.05) is 6.54 Å². The van der Waals surface area contributed by atoms with Crippen molar-refractivity contribution in [2.45, 2.75) is 39.2 Å². The molecule has 2 atom stereocenters. The molecule has 102 valence electrons. The van der Waals surface area contributed by atoms with Crippen LogP contribution in [0.25, 0.3) is 11.4 Å². The molecule has 5 heteroatoms. The van der Waals surface area contributed by atoms with Crippen molar-refractivity contribution in [2.24, 2.45) is 0 Å². The summed E-state index contributed by atoms with van der Waals surface area (Å²) in [5, 5.41) is 7.48. The maximum atomic E-state index is 5.39. The summed E-state index contributed by atoms with van der Waals surface area (Å²) in [6, 6.07) is 4.11. The maximum Gasteiger partial charge on any atom is 0.231 e. The molecule has 0 aromatic carbocycles. The molecule has 0 fully saturated rings. The van der Waals surface area contributed by atoms with Crippen molar-refractivity contribution in [3.8, 4) is 11.4 Å². The van der Waals surface area contributed by atoms with Gasteiger partial charge in [0.15, 0.2) is 0 Å². The van der Waals surface area contributed by atoms with Gasteiger partial charge in [0.05, 0.1) is 5.92 Å². The molecule has 0 radical (unpaired) electrons. The molecular weight excluding hydrogens is 240 g/mol. The van der Waals surface area contributed by atoms with E-state index in [9.17, 15) is 0 Å². The highest BCUT2D eigenvalue weighted by molar-refractivity contribution is 5.52. The zero-order valence-electron chi connectivity index (χ0n) is 11.6. The van der Waals surface area contributed by atoms with Crippen LogP contribution in [0.5, 0.6) is 0 Å². The number of aromatic nitrogens is 3. The van der Waals surface area contributed by atoms with E-state index in [1.807, 2.05) is 12.1 Å². The van der Waals surface area contributed by atoms with E-state index in [0.29, 0.717) is 17.8 Å². The third-order valence-electron chi connectivity index (χ3n) is 3.28. The summed E-state index contributed by atoms with van der Waals surface area (Å²) in [4.78, 5) is 8.47. The lowest BCUT2D eigenvalue weighted by molar-refractivity contribution is 0.321. The zero-order valence-corrected chi connectivity index (χ0v) is 11.6. The summed E-state index contributed by atoms with van der Waals surface area (Å²) in [6.07, 6.45) is 4.48. The number of nitrogens with one attached hydrogen (secondary N) is 1. The Hall–Kier alpha value is -1.75. The van der Waals surface area contributed by atoms with Gasteiger partial charge in [-0.1, -0.05) is 25.9 Å². The van der Waals surface area contributed by atoms with Crippen LogP contribution < -0.4 is 5.32 Å². The molecule has 0 aliphatic rings. The monoisotopic (exact) mass is 260 g/mol. The molecule has 2 aromatic heterocycles. The molecule has 2 unspecified atom stereocenters. The second kappa shape index (κ2) is 6.43. The molecule has 0 saturated heterocycles. The van der Waals surface area contributed by atoms with Crippen molar-refractivity contribution in [3.05, 3.63) is 30.4 Å². The summed E-state index contributed by atoms with van der Waals surface area (Å²) in [5.74, 6) is 1.50. The highest BCUT2D eigenvalue weighted by atomic mass is 16.5. The van der Waals surface area contributed by atoms with E-state index in [-0.39, 0.29) is 5.92 Å². The molecular formula is C14H20N4O. The van der Waals surface area contributed by atoms with Crippen molar-refractivity contribution in [3.63, 3.8) is 0 Å². The third-order valence-corrected chi connectivity index (χ3v) is 3.28. The van der Waals surface area contributed by atoms with Gasteiger partial charge in [-0.3, -0.25) is 4.98 Å². The average molecular weight is 260 g/mol. The summed E-state index contributed by atoms with van der Waals surface area (Å²) < 4.78 is 5.39. The van der Waals surface area contributed by atoms with Crippen molar-refractivity contribution >= 4 is 0 Å². The smallest absolute Gasteiger partial charge is 0.231 e. The normalized spacial score (nSPS) is 14.3. The minimum atomic E-state index is 0.202. The van der Waals surface area contributed by atoms with Crippen LogP contribution in [0.2, 0.25) is 0 Å². The van der Waals surface area contributed by atoms with Crippen LogP contribution in [0.4, 0.5) is 0 Å². The van der Waals surface area contributed by atoms with Crippen LogP contribution in [0.3, 0.4) is 0 Å². The number of pyridine rings is 1. The highest BCUT2D eigenvalue weighted by Gasteiger charge is 2.22. The van der Waals surface area contributed by atoms with Crippen molar-refractivity contribution < 1.29 is 4.52 Å². The summed E-state index contributed by atoms with van der Waals surface area (Å²) >= 11 is 0. The molecule has 0 bridgehead atoms. The number of hydrogen-bond donors (Lipinski definition) is 1. The topological polar surface area (TPSA) is 63.8 Å². The predicted molar refractivity (Wildman–Crippen MR) is 73.7 cm³/mol. The first kappa shape index (κ1) is 13.7. The Morgan fingerprint density at radius 1 is 1.26 bits per heavy atom. The van der Waals surface area contributed by atoms with E-state index in [2.05, 4.69) is 41.2 Å². The van der Waals surface area contributed by atoms with Crippen LogP contribution in [-0.4, -0.2) is 27.7 Å². The largest absolute Gasteiger partial charge is 0.339 e. The van der Waals surface area contributed by atoms with Crippen LogP contribution in [0.15, 0.2) is 29.0 Å². The quantitative estimate of drug-likeness (QED) is 0.865. The van der Waals surface area contributed by atoms with E-state index < -0.39 is 0 Å². The lowest BCUT2D eigenvalue weighted by Gasteiger charge is -2.20. The Morgan fingerprint density at radius 2 is 2.00 bits per heavy atom. The van der Waals surface area contributed by atoms with Crippen LogP contribution in [-0.2, 0) is 0 Å². The summed E-state index contributed by atoms with van der Waals surface area (Å²) in [5.41, 5.74) is 0.925. The van der Waals surface area contributed by atoms with Crippen LogP contribution in [0, 0.1) is 0 Å². The lowest BCUT2D eigenvalue weighted by Crippen LogP contribution is -2.33. The molecule has 0 spiro atoms. The molecule has 5 nitrogen and oxygen atoms in total. The van der Waals surface area contributed by atoms with E-state index in [1.54, 1.807) is 12.4 Å². The van der Waals surface area contributed by atoms with Crippen molar-refractivity contribution in [1.29, 1.82) is 0 Å². The standard InChI is InChI=1S/C14H20N4O/c1-4-12(16-5-2)10(3)14-17-13(18-19-14)11-6-8-15-9-7-11/h6-10,12,16H,4-5H2,1-3H3.